The van der Waals surface area contributed by atoms with Crippen LogP contribution in [0.3, 0.4) is 0 Å². The molecule has 3 heterocycles. The summed E-state index contributed by atoms with van der Waals surface area (Å²) in [5.74, 6) is -0.0257. The molecule has 4 rings (SSSR count). The van der Waals surface area contributed by atoms with E-state index in [-0.39, 0.29) is 18.5 Å². The van der Waals surface area contributed by atoms with Gasteiger partial charge < -0.3 is 15.4 Å². The summed E-state index contributed by atoms with van der Waals surface area (Å²) in [5.41, 5.74) is 8.88. The zero-order valence-electron chi connectivity index (χ0n) is 15.5. The molecule has 2 N–H and O–H groups in total. The quantitative estimate of drug-likeness (QED) is 0.661. The summed E-state index contributed by atoms with van der Waals surface area (Å²) >= 11 is 6.13. The molecule has 1 aromatic carbocycles. The molecule has 1 atom stereocenters. The lowest BCUT2D eigenvalue weighted by Crippen LogP contribution is -2.27. The van der Waals surface area contributed by atoms with Crippen LogP contribution in [0.4, 0.5) is 5.69 Å². The van der Waals surface area contributed by atoms with E-state index >= 15 is 0 Å². The Morgan fingerprint density at radius 1 is 1.14 bits per heavy atom. The Balaban J connectivity index is 0.00000240. The van der Waals surface area contributed by atoms with E-state index < -0.39 is 5.91 Å². The Morgan fingerprint density at radius 2 is 1.93 bits per heavy atom. The van der Waals surface area contributed by atoms with Crippen LogP contribution in [0, 0.1) is 0 Å². The van der Waals surface area contributed by atoms with E-state index in [4.69, 9.17) is 22.1 Å². The van der Waals surface area contributed by atoms with Crippen LogP contribution < -0.4 is 15.4 Å². The average Bonchev–Trinajstić information content (AvgIpc) is 3.18. The molecule has 0 saturated carbocycles. The van der Waals surface area contributed by atoms with Gasteiger partial charge in [-0.05, 0) is 47.5 Å². The number of anilines is 1. The standard InChI is InChI=1S/C21H19ClN4O2.ClH/c22-18-2-1-8-25-21(18)28-16-7-11-26(13-16)19-4-3-15(12-17(19)20(23)27)14-5-9-24-10-6-14;/h1-6,8-10,12,16H,7,11,13H2,(H2,23,27);1H. The van der Waals surface area contributed by atoms with Gasteiger partial charge in [-0.3, -0.25) is 9.78 Å². The number of nitrogens with two attached hydrogens (primary N) is 1. The van der Waals surface area contributed by atoms with Crippen LogP contribution in [0.15, 0.2) is 61.1 Å². The van der Waals surface area contributed by atoms with E-state index in [1.807, 2.05) is 30.3 Å². The predicted molar refractivity (Wildman–Crippen MR) is 116 cm³/mol. The van der Waals surface area contributed by atoms with Crippen molar-refractivity contribution in [1.82, 2.24) is 9.97 Å². The molecule has 150 valence electrons. The van der Waals surface area contributed by atoms with Gasteiger partial charge in [-0.25, -0.2) is 4.98 Å². The monoisotopic (exact) mass is 430 g/mol. The van der Waals surface area contributed by atoms with Crippen molar-refractivity contribution in [3.63, 3.8) is 0 Å². The Labute approximate surface area is 180 Å². The number of primary amides is 1. The van der Waals surface area contributed by atoms with Gasteiger partial charge >= 0.3 is 0 Å². The molecule has 1 saturated heterocycles. The first-order chi connectivity index (χ1) is 13.6. The van der Waals surface area contributed by atoms with E-state index in [1.54, 1.807) is 30.7 Å². The van der Waals surface area contributed by atoms with Gasteiger partial charge in [-0.15, -0.1) is 12.4 Å². The third-order valence-electron chi connectivity index (χ3n) is 4.76. The fraction of sp³-hybridized carbons (Fsp3) is 0.190. The van der Waals surface area contributed by atoms with Gasteiger partial charge in [0.05, 0.1) is 12.1 Å². The number of halogens is 2. The number of carbonyl (C=O) groups excluding carboxylic acids is 1. The summed E-state index contributed by atoms with van der Waals surface area (Å²) in [6.07, 6.45) is 5.83. The van der Waals surface area contributed by atoms with E-state index in [2.05, 4.69) is 14.9 Å². The van der Waals surface area contributed by atoms with Crippen molar-refractivity contribution in [2.24, 2.45) is 5.73 Å². The number of amides is 1. The Kier molecular flexibility index (Phi) is 6.56. The molecule has 6 nitrogen and oxygen atoms in total. The average molecular weight is 431 g/mol. The summed E-state index contributed by atoms with van der Waals surface area (Å²) < 4.78 is 5.94. The molecular weight excluding hydrogens is 411 g/mol. The number of hydrogen-bond donors (Lipinski definition) is 1. The highest BCUT2D eigenvalue weighted by Crippen LogP contribution is 2.31. The number of benzene rings is 1. The second kappa shape index (κ2) is 9.11. The van der Waals surface area contributed by atoms with Crippen LogP contribution in [-0.2, 0) is 0 Å². The van der Waals surface area contributed by atoms with Gasteiger partial charge in [0, 0.05) is 37.2 Å². The molecule has 8 heteroatoms. The fourth-order valence-corrected chi connectivity index (χ4v) is 3.56. The first kappa shape index (κ1) is 20.9. The van der Waals surface area contributed by atoms with Crippen LogP contribution in [0.5, 0.6) is 5.88 Å². The van der Waals surface area contributed by atoms with Gasteiger partial charge in [0.1, 0.15) is 11.1 Å². The molecular formula is C21H20Cl2N4O2. The van der Waals surface area contributed by atoms with Gasteiger partial charge in [0.15, 0.2) is 0 Å². The highest BCUT2D eigenvalue weighted by Gasteiger charge is 2.27. The van der Waals surface area contributed by atoms with E-state index in [0.29, 0.717) is 23.0 Å². The Bertz CT molecular complexity index is 1000. The predicted octanol–water partition coefficient (Wildman–Crippen LogP) is 3.98. The molecule has 29 heavy (non-hydrogen) atoms. The number of carbonyl (C=O) groups is 1. The van der Waals surface area contributed by atoms with Gasteiger partial charge in [0.2, 0.25) is 5.88 Å². The highest BCUT2D eigenvalue weighted by molar-refractivity contribution is 6.31. The second-order valence-electron chi connectivity index (χ2n) is 6.60. The second-order valence-corrected chi connectivity index (χ2v) is 7.00. The molecule has 2 aromatic heterocycles. The van der Waals surface area contributed by atoms with Crippen LogP contribution >= 0.6 is 24.0 Å². The van der Waals surface area contributed by atoms with Crippen LogP contribution in [0.25, 0.3) is 11.1 Å². The van der Waals surface area contributed by atoms with Crippen molar-refractivity contribution in [2.45, 2.75) is 12.5 Å². The summed E-state index contributed by atoms with van der Waals surface area (Å²) in [6, 6.07) is 13.1. The lowest BCUT2D eigenvalue weighted by Gasteiger charge is -2.22. The molecule has 0 spiro atoms. The molecule has 1 fully saturated rings. The highest BCUT2D eigenvalue weighted by atomic mass is 35.5. The van der Waals surface area contributed by atoms with E-state index in [1.165, 1.54) is 0 Å². The molecule has 1 unspecified atom stereocenters. The molecule has 0 bridgehead atoms. The summed E-state index contributed by atoms with van der Waals surface area (Å²) in [7, 11) is 0. The van der Waals surface area contributed by atoms with E-state index in [0.717, 1.165) is 29.8 Å². The number of ether oxygens (including phenoxy) is 1. The third kappa shape index (κ3) is 4.60. The Morgan fingerprint density at radius 3 is 2.66 bits per heavy atom. The maximum Gasteiger partial charge on any atom is 0.250 e. The zero-order chi connectivity index (χ0) is 19.5. The number of rotatable bonds is 5. The van der Waals surface area contributed by atoms with Crippen molar-refractivity contribution in [1.29, 1.82) is 0 Å². The van der Waals surface area contributed by atoms with Gasteiger partial charge in [-0.1, -0.05) is 17.7 Å². The van der Waals surface area contributed by atoms with Crippen molar-refractivity contribution in [3.8, 4) is 17.0 Å². The summed E-state index contributed by atoms with van der Waals surface area (Å²) in [6.45, 7) is 1.38. The Hall–Kier alpha value is -2.83. The zero-order valence-corrected chi connectivity index (χ0v) is 17.1. The minimum atomic E-state index is -0.456. The molecule has 1 aliphatic heterocycles. The topological polar surface area (TPSA) is 81.3 Å². The lowest BCUT2D eigenvalue weighted by atomic mass is 10.0. The smallest absolute Gasteiger partial charge is 0.250 e. The maximum absolute atomic E-state index is 12.1. The summed E-state index contributed by atoms with van der Waals surface area (Å²) in [4.78, 5) is 22.4. The first-order valence-electron chi connectivity index (χ1n) is 8.98. The molecule has 1 amide bonds. The minimum Gasteiger partial charge on any atom is -0.471 e. The molecule has 0 radical (unpaired) electrons. The third-order valence-corrected chi connectivity index (χ3v) is 5.05. The largest absolute Gasteiger partial charge is 0.471 e. The normalized spacial score (nSPS) is 15.6. The number of nitrogens with zero attached hydrogens (tertiary/aromatic N) is 3. The maximum atomic E-state index is 12.1. The van der Waals surface area contributed by atoms with Crippen molar-refractivity contribution < 1.29 is 9.53 Å². The molecule has 0 aliphatic carbocycles. The SMILES string of the molecule is Cl.NC(=O)c1cc(-c2ccncc2)ccc1N1CCC(Oc2ncccc2Cl)C1. The van der Waals surface area contributed by atoms with Crippen LogP contribution in [0.2, 0.25) is 5.02 Å². The minimum absolute atomic E-state index is 0. The van der Waals surface area contributed by atoms with Crippen LogP contribution in [0.1, 0.15) is 16.8 Å². The number of hydrogen-bond acceptors (Lipinski definition) is 5. The van der Waals surface area contributed by atoms with Crippen molar-refractivity contribution in [3.05, 3.63) is 71.6 Å². The first-order valence-corrected chi connectivity index (χ1v) is 9.36. The van der Waals surface area contributed by atoms with Crippen molar-refractivity contribution in [2.75, 3.05) is 18.0 Å². The van der Waals surface area contributed by atoms with Gasteiger partial charge in [0.25, 0.3) is 5.91 Å². The van der Waals surface area contributed by atoms with Crippen molar-refractivity contribution >= 4 is 35.6 Å². The molecule has 1 aliphatic rings. The van der Waals surface area contributed by atoms with Crippen LogP contribution in [-0.4, -0.2) is 35.1 Å². The van der Waals surface area contributed by atoms with E-state index in [9.17, 15) is 4.79 Å². The van der Waals surface area contributed by atoms with Gasteiger partial charge in [-0.2, -0.15) is 0 Å². The fourth-order valence-electron chi connectivity index (χ4n) is 3.39. The lowest BCUT2D eigenvalue weighted by molar-refractivity contribution is 0.100. The summed E-state index contributed by atoms with van der Waals surface area (Å²) in [5, 5.41) is 0.487. The molecule has 3 aromatic rings. The number of aromatic nitrogens is 2. The number of pyridine rings is 2.